The van der Waals surface area contributed by atoms with E-state index >= 15 is 0 Å². The third-order valence-corrected chi connectivity index (χ3v) is 5.29. The summed E-state index contributed by atoms with van der Waals surface area (Å²) in [6.45, 7) is 11.2. The van der Waals surface area contributed by atoms with E-state index in [1.165, 1.54) is 12.2 Å². The molecule has 0 aliphatic carbocycles. The Labute approximate surface area is 139 Å². The van der Waals surface area contributed by atoms with E-state index in [1.807, 2.05) is 17.2 Å². The van der Waals surface area contributed by atoms with Crippen molar-refractivity contribution < 1.29 is 4.79 Å². The number of nitrogens with zero attached hydrogens (tertiary/aromatic N) is 4. The summed E-state index contributed by atoms with van der Waals surface area (Å²) in [5.41, 5.74) is 1.18. The molecule has 0 bridgehead atoms. The largest absolute Gasteiger partial charge is 0.340 e. The Kier molecular flexibility index (Phi) is 5.28. The minimum atomic E-state index is 0.209. The lowest BCUT2D eigenvalue weighted by Crippen LogP contribution is -2.53. The van der Waals surface area contributed by atoms with Crippen molar-refractivity contribution in [3.8, 4) is 0 Å². The molecule has 0 N–H and O–H groups in total. The molecule has 126 valence electrons. The molecule has 2 aliphatic rings. The van der Waals surface area contributed by atoms with Crippen LogP contribution in [0.25, 0.3) is 0 Å². The number of piperazine rings is 1. The molecule has 23 heavy (non-hydrogen) atoms. The molecule has 0 unspecified atom stereocenters. The summed E-state index contributed by atoms with van der Waals surface area (Å²) in [5, 5.41) is 0. The predicted molar refractivity (Wildman–Crippen MR) is 91.2 cm³/mol. The number of likely N-dealkylation sites (tertiary alicyclic amines) is 1. The maximum absolute atomic E-state index is 11.5. The Bertz CT molecular complexity index is 513. The van der Waals surface area contributed by atoms with Crippen LogP contribution in [0, 0.1) is 5.92 Å². The number of pyridine rings is 1. The minimum Gasteiger partial charge on any atom is -0.340 e. The van der Waals surface area contributed by atoms with Crippen molar-refractivity contribution in [2.45, 2.75) is 26.3 Å². The summed E-state index contributed by atoms with van der Waals surface area (Å²) in [7, 11) is 0. The molecule has 2 aliphatic heterocycles. The van der Waals surface area contributed by atoms with Crippen molar-refractivity contribution in [1.82, 2.24) is 19.7 Å². The van der Waals surface area contributed by atoms with E-state index in [4.69, 9.17) is 0 Å². The van der Waals surface area contributed by atoms with Crippen molar-refractivity contribution in [2.24, 2.45) is 5.92 Å². The summed E-state index contributed by atoms with van der Waals surface area (Å²) in [6, 6.07) is 6.77. The van der Waals surface area contributed by atoms with Crippen LogP contribution >= 0.6 is 0 Å². The highest BCUT2D eigenvalue weighted by atomic mass is 16.2. The van der Waals surface area contributed by atoms with E-state index in [0.717, 1.165) is 45.7 Å². The molecule has 2 saturated heterocycles. The Hall–Kier alpha value is -1.46. The van der Waals surface area contributed by atoms with Gasteiger partial charge in [0, 0.05) is 77.1 Å². The zero-order valence-electron chi connectivity index (χ0n) is 14.3. The van der Waals surface area contributed by atoms with Gasteiger partial charge in [-0.2, -0.15) is 0 Å². The van der Waals surface area contributed by atoms with Gasteiger partial charge in [0.1, 0.15) is 0 Å². The highest BCUT2D eigenvalue weighted by molar-refractivity contribution is 5.73. The number of hydrogen-bond donors (Lipinski definition) is 0. The second-order valence-corrected chi connectivity index (χ2v) is 6.92. The first-order valence-corrected chi connectivity index (χ1v) is 8.75. The molecule has 0 saturated carbocycles. The maximum atomic E-state index is 11.5. The van der Waals surface area contributed by atoms with Crippen LogP contribution in [0.15, 0.2) is 24.4 Å². The summed E-state index contributed by atoms with van der Waals surface area (Å²) >= 11 is 0. The van der Waals surface area contributed by atoms with Gasteiger partial charge in [0.25, 0.3) is 0 Å². The molecule has 2 fully saturated rings. The number of hydrogen-bond acceptors (Lipinski definition) is 4. The van der Waals surface area contributed by atoms with E-state index in [0.29, 0.717) is 12.0 Å². The van der Waals surface area contributed by atoms with Crippen LogP contribution in [0.5, 0.6) is 0 Å². The number of aromatic nitrogens is 1. The molecule has 3 rings (SSSR count). The number of carbonyl (C=O) groups excluding carboxylic acids is 1. The SMILES string of the molecule is CC(=O)N1CCN([C@@H]2CN(CCc3ccccn3)C[C@@H]2C)CC1. The van der Waals surface area contributed by atoms with Gasteiger partial charge in [0.05, 0.1) is 0 Å². The third kappa shape index (κ3) is 4.09. The van der Waals surface area contributed by atoms with Gasteiger partial charge in [-0.25, -0.2) is 0 Å². The molecule has 1 amide bonds. The molecule has 3 heterocycles. The van der Waals surface area contributed by atoms with E-state index in [1.54, 1.807) is 6.92 Å². The van der Waals surface area contributed by atoms with Gasteiger partial charge in [0.2, 0.25) is 5.91 Å². The standard InChI is InChI=1S/C18H28N4O/c1-15-13-20(8-6-17-5-3-4-7-19-17)14-18(15)22-11-9-21(10-12-22)16(2)23/h3-5,7,15,18H,6,8-14H2,1-2H3/t15-,18+/m0/s1. The fourth-order valence-corrected chi connectivity index (χ4v) is 3.89. The van der Waals surface area contributed by atoms with Gasteiger partial charge < -0.3 is 9.80 Å². The average Bonchev–Trinajstić information content (AvgIpc) is 2.95. The second kappa shape index (κ2) is 7.41. The molecular weight excluding hydrogens is 288 g/mol. The van der Waals surface area contributed by atoms with Crippen LogP contribution in [0.4, 0.5) is 0 Å². The lowest BCUT2D eigenvalue weighted by atomic mass is 10.0. The highest BCUT2D eigenvalue weighted by Crippen LogP contribution is 2.23. The highest BCUT2D eigenvalue weighted by Gasteiger charge is 2.35. The van der Waals surface area contributed by atoms with Crippen molar-refractivity contribution in [3.05, 3.63) is 30.1 Å². The first kappa shape index (κ1) is 16.4. The first-order chi connectivity index (χ1) is 11.1. The molecular formula is C18H28N4O. The maximum Gasteiger partial charge on any atom is 0.219 e. The summed E-state index contributed by atoms with van der Waals surface area (Å²) < 4.78 is 0. The summed E-state index contributed by atoms with van der Waals surface area (Å²) in [6.07, 6.45) is 2.90. The average molecular weight is 316 g/mol. The van der Waals surface area contributed by atoms with E-state index < -0.39 is 0 Å². The van der Waals surface area contributed by atoms with Crippen LogP contribution in [0.3, 0.4) is 0 Å². The van der Waals surface area contributed by atoms with E-state index in [2.05, 4.69) is 33.8 Å². The van der Waals surface area contributed by atoms with Crippen molar-refractivity contribution in [1.29, 1.82) is 0 Å². The quantitative estimate of drug-likeness (QED) is 0.834. The second-order valence-electron chi connectivity index (χ2n) is 6.92. The molecule has 1 aromatic heterocycles. The van der Waals surface area contributed by atoms with E-state index in [9.17, 15) is 4.79 Å². The summed E-state index contributed by atoms with van der Waals surface area (Å²) in [4.78, 5) is 23.0. The topological polar surface area (TPSA) is 39.7 Å². The predicted octanol–water partition coefficient (Wildman–Crippen LogP) is 1.11. The molecule has 5 nitrogen and oxygen atoms in total. The molecule has 0 aromatic carbocycles. The monoisotopic (exact) mass is 316 g/mol. The zero-order chi connectivity index (χ0) is 16.2. The molecule has 1 aromatic rings. The third-order valence-electron chi connectivity index (χ3n) is 5.29. The Morgan fingerprint density at radius 3 is 2.65 bits per heavy atom. The van der Waals surface area contributed by atoms with Gasteiger partial charge in [0.15, 0.2) is 0 Å². The number of rotatable bonds is 4. The normalized spacial score (nSPS) is 26.6. The van der Waals surface area contributed by atoms with Gasteiger partial charge in [-0.05, 0) is 18.1 Å². The van der Waals surface area contributed by atoms with E-state index in [-0.39, 0.29) is 5.91 Å². The van der Waals surface area contributed by atoms with Crippen molar-refractivity contribution in [3.63, 3.8) is 0 Å². The first-order valence-electron chi connectivity index (χ1n) is 8.75. The fourth-order valence-electron chi connectivity index (χ4n) is 3.89. The molecule has 0 spiro atoms. The van der Waals surface area contributed by atoms with Crippen LogP contribution in [0.1, 0.15) is 19.5 Å². The van der Waals surface area contributed by atoms with Crippen LogP contribution in [0.2, 0.25) is 0 Å². The van der Waals surface area contributed by atoms with Crippen LogP contribution < -0.4 is 0 Å². The molecule has 5 heteroatoms. The lowest BCUT2D eigenvalue weighted by molar-refractivity contribution is -0.130. The van der Waals surface area contributed by atoms with Crippen LogP contribution in [-0.4, -0.2) is 77.4 Å². The smallest absolute Gasteiger partial charge is 0.219 e. The molecule has 0 radical (unpaired) electrons. The van der Waals surface area contributed by atoms with Gasteiger partial charge >= 0.3 is 0 Å². The van der Waals surface area contributed by atoms with Gasteiger partial charge in [-0.15, -0.1) is 0 Å². The number of amides is 1. The Morgan fingerprint density at radius 1 is 1.22 bits per heavy atom. The minimum absolute atomic E-state index is 0.209. The summed E-state index contributed by atoms with van der Waals surface area (Å²) in [5.74, 6) is 0.906. The van der Waals surface area contributed by atoms with Crippen molar-refractivity contribution in [2.75, 3.05) is 45.8 Å². The van der Waals surface area contributed by atoms with Crippen molar-refractivity contribution >= 4 is 5.91 Å². The zero-order valence-corrected chi connectivity index (χ0v) is 14.3. The lowest BCUT2D eigenvalue weighted by Gasteiger charge is -2.39. The Morgan fingerprint density at radius 2 is 2.00 bits per heavy atom. The molecule has 2 atom stereocenters. The Balaban J connectivity index is 1.48. The number of carbonyl (C=O) groups is 1. The van der Waals surface area contributed by atoms with Crippen LogP contribution in [-0.2, 0) is 11.2 Å². The van der Waals surface area contributed by atoms with Gasteiger partial charge in [-0.3, -0.25) is 14.7 Å². The fraction of sp³-hybridized carbons (Fsp3) is 0.667. The van der Waals surface area contributed by atoms with Gasteiger partial charge in [-0.1, -0.05) is 13.0 Å².